The predicted octanol–water partition coefficient (Wildman–Crippen LogP) is 1.70. The molecule has 2 aromatic rings. The van der Waals surface area contributed by atoms with E-state index in [1.54, 1.807) is 6.20 Å². The van der Waals surface area contributed by atoms with Crippen LogP contribution in [0.3, 0.4) is 0 Å². The van der Waals surface area contributed by atoms with Crippen LogP contribution in [-0.4, -0.2) is 45.3 Å². The molecular formula is C17H19N3O5. The van der Waals surface area contributed by atoms with Gasteiger partial charge in [-0.15, -0.1) is 0 Å². The van der Waals surface area contributed by atoms with E-state index in [1.165, 1.54) is 11.1 Å². The van der Waals surface area contributed by atoms with Crippen molar-refractivity contribution in [3.8, 4) is 0 Å². The van der Waals surface area contributed by atoms with E-state index in [1.807, 2.05) is 6.07 Å². The largest absolute Gasteiger partial charge is 0.473 e. The number of rotatable bonds is 3. The summed E-state index contributed by atoms with van der Waals surface area (Å²) in [6.45, 7) is 2.92. The van der Waals surface area contributed by atoms with E-state index in [2.05, 4.69) is 40.4 Å². The number of aliphatic carboxylic acids is 2. The molecule has 1 aliphatic heterocycles. The van der Waals surface area contributed by atoms with E-state index in [-0.39, 0.29) is 0 Å². The van der Waals surface area contributed by atoms with E-state index in [0.29, 0.717) is 5.88 Å². The molecule has 1 aliphatic rings. The minimum absolute atomic E-state index is 0.410. The van der Waals surface area contributed by atoms with Gasteiger partial charge in [0.25, 0.3) is 0 Å². The second-order valence-corrected chi connectivity index (χ2v) is 5.43. The maximum Gasteiger partial charge on any atom is 0.414 e. The smallest absolute Gasteiger partial charge is 0.414 e. The molecular weight excluding hydrogens is 326 g/mol. The van der Waals surface area contributed by atoms with Gasteiger partial charge in [0.15, 0.2) is 0 Å². The Morgan fingerprint density at radius 1 is 1.20 bits per heavy atom. The third-order valence-corrected chi connectivity index (χ3v) is 3.61. The number of carbonyl (C=O) groups is 2. The number of nitrogens with two attached hydrogens (primary N) is 1. The van der Waals surface area contributed by atoms with E-state index in [0.717, 1.165) is 31.6 Å². The summed E-state index contributed by atoms with van der Waals surface area (Å²) in [6.07, 6.45) is 4.96. The van der Waals surface area contributed by atoms with Crippen molar-refractivity contribution in [3.05, 3.63) is 53.7 Å². The summed E-state index contributed by atoms with van der Waals surface area (Å²) in [5.41, 5.74) is 9.25. The molecule has 3 rings (SSSR count). The van der Waals surface area contributed by atoms with Crippen molar-refractivity contribution in [1.29, 1.82) is 0 Å². The number of anilines is 1. The molecule has 0 saturated heterocycles. The monoisotopic (exact) mass is 345 g/mol. The number of hydrogen-bond acceptors (Lipinski definition) is 6. The van der Waals surface area contributed by atoms with Gasteiger partial charge in [0, 0.05) is 19.6 Å². The van der Waals surface area contributed by atoms with Crippen LogP contribution >= 0.6 is 0 Å². The Morgan fingerprint density at radius 3 is 2.44 bits per heavy atom. The van der Waals surface area contributed by atoms with E-state index in [4.69, 9.17) is 30.1 Å². The van der Waals surface area contributed by atoms with Crippen molar-refractivity contribution in [3.63, 3.8) is 0 Å². The second kappa shape index (κ2) is 8.65. The van der Waals surface area contributed by atoms with Crippen molar-refractivity contribution in [2.75, 3.05) is 18.8 Å². The number of hydrogen-bond donors (Lipinski definition) is 3. The molecule has 0 fully saturated rings. The van der Waals surface area contributed by atoms with Crippen LogP contribution in [0.4, 0.5) is 5.88 Å². The van der Waals surface area contributed by atoms with Crippen LogP contribution in [0.25, 0.3) is 5.57 Å². The first kappa shape index (κ1) is 18.2. The first-order valence-corrected chi connectivity index (χ1v) is 7.59. The van der Waals surface area contributed by atoms with Crippen LogP contribution in [0.15, 0.2) is 47.1 Å². The number of benzene rings is 1. The molecule has 25 heavy (non-hydrogen) atoms. The topological polar surface area (TPSA) is 130 Å². The zero-order chi connectivity index (χ0) is 18.2. The number of carboxylic acids is 2. The van der Waals surface area contributed by atoms with E-state index >= 15 is 0 Å². The highest BCUT2D eigenvalue weighted by atomic mass is 16.5. The summed E-state index contributed by atoms with van der Waals surface area (Å²) in [5.74, 6) is -3.24. The Labute approximate surface area is 144 Å². The molecule has 0 saturated carbocycles. The number of nitrogens with zero attached hydrogens (tertiary/aromatic N) is 2. The minimum atomic E-state index is -1.82. The van der Waals surface area contributed by atoms with Gasteiger partial charge < -0.3 is 20.5 Å². The Morgan fingerprint density at radius 2 is 1.88 bits per heavy atom. The van der Waals surface area contributed by atoms with Crippen molar-refractivity contribution in [1.82, 2.24) is 10.1 Å². The van der Waals surface area contributed by atoms with Gasteiger partial charge in [-0.1, -0.05) is 41.6 Å². The summed E-state index contributed by atoms with van der Waals surface area (Å²) >= 11 is 0. The molecule has 1 aromatic carbocycles. The van der Waals surface area contributed by atoms with Crippen LogP contribution in [0.2, 0.25) is 0 Å². The molecule has 4 N–H and O–H groups in total. The van der Waals surface area contributed by atoms with E-state index in [9.17, 15) is 0 Å². The highest BCUT2D eigenvalue weighted by Gasteiger charge is 2.17. The molecule has 0 aliphatic carbocycles. The standard InChI is InChI=1S/C15H17N3O.C2H2O4/c16-15-14(9-17-19-15)13-7-4-8-18(11-13)10-12-5-2-1-3-6-12;3-1(4)2(5)6/h1-3,5-7,9H,4,8,10-11,16H2;(H,3,4)(H,5,6). The Bertz CT molecular complexity index is 743. The fourth-order valence-electron chi connectivity index (χ4n) is 2.47. The van der Waals surface area contributed by atoms with Crippen molar-refractivity contribution in [2.45, 2.75) is 13.0 Å². The predicted molar refractivity (Wildman–Crippen MR) is 90.5 cm³/mol. The molecule has 8 heteroatoms. The summed E-state index contributed by atoms with van der Waals surface area (Å²) < 4.78 is 4.94. The maximum absolute atomic E-state index is 9.10. The average Bonchev–Trinajstić information content (AvgIpc) is 3.02. The summed E-state index contributed by atoms with van der Waals surface area (Å²) in [7, 11) is 0. The fourth-order valence-corrected chi connectivity index (χ4v) is 2.47. The maximum atomic E-state index is 9.10. The third kappa shape index (κ3) is 5.47. The lowest BCUT2D eigenvalue weighted by atomic mass is 10.0. The quantitative estimate of drug-likeness (QED) is 0.717. The van der Waals surface area contributed by atoms with Gasteiger partial charge >= 0.3 is 11.9 Å². The Kier molecular flexibility index (Phi) is 6.30. The highest BCUT2D eigenvalue weighted by molar-refractivity contribution is 6.27. The number of aromatic nitrogens is 1. The summed E-state index contributed by atoms with van der Waals surface area (Å²) in [4.78, 5) is 20.6. The normalized spacial score (nSPS) is 14.2. The van der Waals surface area contributed by atoms with Crippen molar-refractivity contribution >= 4 is 23.4 Å². The van der Waals surface area contributed by atoms with Gasteiger partial charge in [-0.3, -0.25) is 4.90 Å². The average molecular weight is 345 g/mol. The lowest BCUT2D eigenvalue weighted by molar-refractivity contribution is -0.159. The third-order valence-electron chi connectivity index (χ3n) is 3.61. The molecule has 0 atom stereocenters. The molecule has 0 spiro atoms. The van der Waals surface area contributed by atoms with Gasteiger partial charge in [0.2, 0.25) is 5.88 Å². The molecule has 1 aromatic heterocycles. The Hall–Kier alpha value is -3.13. The highest BCUT2D eigenvalue weighted by Crippen LogP contribution is 2.25. The molecule has 0 unspecified atom stereocenters. The molecule has 0 amide bonds. The van der Waals surface area contributed by atoms with Gasteiger partial charge in [-0.05, 0) is 17.6 Å². The van der Waals surface area contributed by atoms with Crippen molar-refractivity contribution < 1.29 is 24.3 Å². The first-order valence-electron chi connectivity index (χ1n) is 7.59. The number of carboxylic acid groups (broad SMARTS) is 2. The molecule has 132 valence electrons. The SMILES string of the molecule is Nc1oncc1C1=CCCN(Cc2ccccc2)C1.O=C(O)C(=O)O. The fraction of sp³-hybridized carbons (Fsp3) is 0.235. The van der Waals surface area contributed by atoms with Crippen LogP contribution in [-0.2, 0) is 16.1 Å². The van der Waals surface area contributed by atoms with Crippen LogP contribution < -0.4 is 5.73 Å². The zero-order valence-corrected chi connectivity index (χ0v) is 13.5. The zero-order valence-electron chi connectivity index (χ0n) is 13.5. The lowest BCUT2D eigenvalue weighted by Crippen LogP contribution is -2.29. The van der Waals surface area contributed by atoms with Crippen LogP contribution in [0.1, 0.15) is 17.5 Å². The van der Waals surface area contributed by atoms with Gasteiger partial charge in [0.05, 0.1) is 11.8 Å². The van der Waals surface area contributed by atoms with Gasteiger partial charge in [-0.2, -0.15) is 0 Å². The molecule has 2 heterocycles. The van der Waals surface area contributed by atoms with Crippen molar-refractivity contribution in [2.24, 2.45) is 0 Å². The second-order valence-electron chi connectivity index (χ2n) is 5.43. The summed E-state index contributed by atoms with van der Waals surface area (Å²) in [5, 5.41) is 18.5. The van der Waals surface area contributed by atoms with Gasteiger partial charge in [-0.25, -0.2) is 9.59 Å². The van der Waals surface area contributed by atoms with E-state index < -0.39 is 11.9 Å². The first-order chi connectivity index (χ1) is 12.0. The molecule has 8 nitrogen and oxygen atoms in total. The Balaban J connectivity index is 0.000000326. The molecule has 0 radical (unpaired) electrons. The summed E-state index contributed by atoms with van der Waals surface area (Å²) in [6, 6.07) is 10.5. The van der Waals surface area contributed by atoms with Crippen LogP contribution in [0.5, 0.6) is 0 Å². The number of nitrogen functional groups attached to an aromatic ring is 1. The van der Waals surface area contributed by atoms with Gasteiger partial charge in [0.1, 0.15) is 0 Å². The lowest BCUT2D eigenvalue weighted by Gasteiger charge is -2.27. The molecule has 0 bridgehead atoms. The van der Waals surface area contributed by atoms with Crippen LogP contribution in [0, 0.1) is 0 Å². The minimum Gasteiger partial charge on any atom is -0.473 e.